The highest BCUT2D eigenvalue weighted by atomic mass is 32.1. The van der Waals surface area contributed by atoms with Crippen LogP contribution < -0.4 is 11.0 Å². The van der Waals surface area contributed by atoms with Crippen molar-refractivity contribution in [3.05, 3.63) is 39.8 Å². The van der Waals surface area contributed by atoms with Crippen LogP contribution in [-0.2, 0) is 11.2 Å². The first-order valence-electron chi connectivity index (χ1n) is 6.48. The first-order chi connectivity index (χ1) is 10.2. The van der Waals surface area contributed by atoms with Gasteiger partial charge in [-0.25, -0.2) is 4.79 Å². The van der Waals surface area contributed by atoms with E-state index >= 15 is 0 Å². The largest absolute Gasteiger partial charge is 0.323 e. The third-order valence-electron chi connectivity index (χ3n) is 3.06. The lowest BCUT2D eigenvalue weighted by molar-refractivity contribution is -0.116. The highest BCUT2D eigenvalue weighted by Crippen LogP contribution is 2.13. The van der Waals surface area contributed by atoms with Crippen LogP contribution in [0.15, 0.2) is 28.5 Å². The molecule has 2 aromatic heterocycles. The van der Waals surface area contributed by atoms with Crippen molar-refractivity contribution in [2.24, 2.45) is 0 Å². The number of fused-ring (bicyclic) bond motifs is 1. The summed E-state index contributed by atoms with van der Waals surface area (Å²) in [5, 5.41) is 10.6. The molecule has 1 amide bonds. The third kappa shape index (κ3) is 3.34. The lowest BCUT2D eigenvalue weighted by atomic mass is 10.1. The van der Waals surface area contributed by atoms with Gasteiger partial charge < -0.3 is 15.3 Å². The van der Waals surface area contributed by atoms with E-state index < -0.39 is 0 Å². The molecule has 3 rings (SSSR count). The maximum atomic E-state index is 11.7. The van der Waals surface area contributed by atoms with Gasteiger partial charge in [0.05, 0.1) is 11.0 Å². The van der Waals surface area contributed by atoms with E-state index in [0.29, 0.717) is 11.6 Å². The number of amides is 1. The summed E-state index contributed by atoms with van der Waals surface area (Å²) in [5.74, 6) is -0.0668. The van der Waals surface area contributed by atoms with Gasteiger partial charge in [0, 0.05) is 6.42 Å². The molecule has 0 saturated heterocycles. The Hall–Kier alpha value is -2.48. The van der Waals surface area contributed by atoms with Crippen LogP contribution in [0.4, 0.5) is 5.13 Å². The first-order valence-corrected chi connectivity index (χ1v) is 7.35. The quantitative estimate of drug-likeness (QED) is 0.667. The van der Waals surface area contributed by atoms with Gasteiger partial charge in [0.1, 0.15) is 5.51 Å². The fourth-order valence-corrected chi connectivity index (χ4v) is 2.56. The number of hydrogen-bond donors (Lipinski definition) is 3. The number of nitrogens with zero attached hydrogens (tertiary/aromatic N) is 2. The molecular weight excluding hydrogens is 290 g/mol. The molecule has 2 heterocycles. The van der Waals surface area contributed by atoms with Crippen LogP contribution in [0.2, 0.25) is 0 Å². The van der Waals surface area contributed by atoms with Gasteiger partial charge in [-0.05, 0) is 30.5 Å². The predicted molar refractivity (Wildman–Crippen MR) is 80.4 cm³/mol. The Bertz CT molecular complexity index is 805. The molecule has 0 unspecified atom stereocenters. The lowest BCUT2D eigenvalue weighted by Crippen LogP contribution is -2.11. The van der Waals surface area contributed by atoms with Crippen molar-refractivity contribution in [2.45, 2.75) is 19.3 Å². The summed E-state index contributed by atoms with van der Waals surface area (Å²) in [6.45, 7) is 0. The van der Waals surface area contributed by atoms with Crippen LogP contribution in [0, 0.1) is 0 Å². The van der Waals surface area contributed by atoms with Gasteiger partial charge in [-0.15, -0.1) is 10.2 Å². The maximum Gasteiger partial charge on any atom is 0.323 e. The topological polar surface area (TPSA) is 104 Å². The smallest absolute Gasteiger partial charge is 0.306 e. The molecule has 0 saturated carbocycles. The highest BCUT2D eigenvalue weighted by Gasteiger charge is 2.05. The molecular formula is C13H13N5O2S. The Balaban J connectivity index is 1.54. The summed E-state index contributed by atoms with van der Waals surface area (Å²) in [7, 11) is 0. The number of carbonyl (C=O) groups excluding carboxylic acids is 1. The van der Waals surface area contributed by atoms with E-state index in [9.17, 15) is 9.59 Å². The highest BCUT2D eigenvalue weighted by molar-refractivity contribution is 7.13. The molecule has 3 N–H and O–H groups in total. The summed E-state index contributed by atoms with van der Waals surface area (Å²) in [6, 6.07) is 5.74. The fraction of sp³-hybridized carbons (Fsp3) is 0.231. The summed E-state index contributed by atoms with van der Waals surface area (Å²) < 4.78 is 0. The number of imidazole rings is 1. The van der Waals surface area contributed by atoms with Crippen molar-refractivity contribution in [3.63, 3.8) is 0 Å². The van der Waals surface area contributed by atoms with E-state index in [1.807, 2.05) is 18.2 Å². The number of aromatic nitrogens is 4. The van der Waals surface area contributed by atoms with E-state index in [1.54, 1.807) is 5.51 Å². The SMILES string of the molecule is O=C(CCCc1ccc2[nH]c(=O)[nH]c2c1)Nc1nncs1. The normalized spacial score (nSPS) is 10.9. The molecule has 0 aliphatic heterocycles. The summed E-state index contributed by atoms with van der Waals surface area (Å²) in [6.07, 6.45) is 1.92. The van der Waals surface area contributed by atoms with Crippen molar-refractivity contribution in [1.29, 1.82) is 0 Å². The monoisotopic (exact) mass is 303 g/mol. The zero-order valence-electron chi connectivity index (χ0n) is 11.0. The number of benzene rings is 1. The van der Waals surface area contributed by atoms with Crippen LogP contribution in [0.5, 0.6) is 0 Å². The van der Waals surface area contributed by atoms with Crippen LogP contribution in [-0.4, -0.2) is 26.1 Å². The van der Waals surface area contributed by atoms with Crippen LogP contribution in [0.3, 0.4) is 0 Å². The minimum Gasteiger partial charge on any atom is -0.306 e. The molecule has 0 aliphatic rings. The van der Waals surface area contributed by atoms with Gasteiger partial charge in [-0.1, -0.05) is 17.4 Å². The fourth-order valence-electron chi connectivity index (χ4n) is 2.10. The summed E-state index contributed by atoms with van der Waals surface area (Å²) in [5.41, 5.74) is 4.02. The van der Waals surface area contributed by atoms with Crippen molar-refractivity contribution < 1.29 is 4.79 Å². The average Bonchev–Trinajstić information content (AvgIpc) is 3.06. The van der Waals surface area contributed by atoms with Gasteiger partial charge in [0.15, 0.2) is 0 Å². The molecule has 0 bridgehead atoms. The zero-order chi connectivity index (χ0) is 14.7. The predicted octanol–water partition coefficient (Wildman–Crippen LogP) is 1.67. The molecule has 7 nitrogen and oxygen atoms in total. The van der Waals surface area contributed by atoms with Crippen molar-refractivity contribution >= 4 is 33.4 Å². The number of aromatic amines is 2. The van der Waals surface area contributed by atoms with Crippen LogP contribution >= 0.6 is 11.3 Å². The second kappa shape index (κ2) is 5.88. The molecule has 0 spiro atoms. The first kappa shape index (κ1) is 13.5. The van der Waals surface area contributed by atoms with E-state index in [0.717, 1.165) is 29.4 Å². The van der Waals surface area contributed by atoms with Gasteiger partial charge >= 0.3 is 5.69 Å². The Morgan fingerprint density at radius 1 is 1.29 bits per heavy atom. The number of hydrogen-bond acceptors (Lipinski definition) is 5. The van der Waals surface area contributed by atoms with Gasteiger partial charge in [-0.3, -0.25) is 4.79 Å². The number of aryl methyl sites for hydroxylation is 1. The zero-order valence-corrected chi connectivity index (χ0v) is 11.9. The van der Waals surface area contributed by atoms with E-state index in [1.165, 1.54) is 11.3 Å². The van der Waals surface area contributed by atoms with E-state index in [4.69, 9.17) is 0 Å². The van der Waals surface area contributed by atoms with Crippen molar-refractivity contribution in [1.82, 2.24) is 20.2 Å². The number of anilines is 1. The van der Waals surface area contributed by atoms with Gasteiger partial charge in [0.25, 0.3) is 0 Å². The lowest BCUT2D eigenvalue weighted by Gasteiger charge is -2.02. The van der Waals surface area contributed by atoms with Gasteiger partial charge in [-0.2, -0.15) is 0 Å². The summed E-state index contributed by atoms with van der Waals surface area (Å²) in [4.78, 5) is 28.3. The van der Waals surface area contributed by atoms with Gasteiger partial charge in [0.2, 0.25) is 11.0 Å². The van der Waals surface area contributed by atoms with Crippen LogP contribution in [0.25, 0.3) is 11.0 Å². The van der Waals surface area contributed by atoms with Crippen molar-refractivity contribution in [3.8, 4) is 0 Å². The molecule has 108 valence electrons. The summed E-state index contributed by atoms with van der Waals surface area (Å²) >= 11 is 1.29. The maximum absolute atomic E-state index is 11.7. The second-order valence-electron chi connectivity index (χ2n) is 4.60. The number of carbonyl (C=O) groups is 1. The number of nitrogens with one attached hydrogen (secondary N) is 3. The van der Waals surface area contributed by atoms with E-state index in [-0.39, 0.29) is 11.6 Å². The molecule has 0 radical (unpaired) electrons. The standard InChI is InChI=1S/C13H13N5O2S/c19-11(17-13-18-14-7-21-13)3-1-2-8-4-5-9-10(6-8)16-12(20)15-9/h4-7H,1-3H2,(H2,15,16,20)(H,17,18,19). The Kier molecular flexibility index (Phi) is 3.78. The Morgan fingerprint density at radius 3 is 2.95 bits per heavy atom. The molecule has 0 atom stereocenters. The minimum atomic E-state index is -0.210. The second-order valence-corrected chi connectivity index (χ2v) is 5.44. The number of rotatable bonds is 5. The average molecular weight is 303 g/mol. The number of H-pyrrole nitrogens is 2. The molecule has 8 heteroatoms. The van der Waals surface area contributed by atoms with Crippen molar-refractivity contribution in [2.75, 3.05) is 5.32 Å². The molecule has 1 aromatic carbocycles. The minimum absolute atomic E-state index is 0.0668. The van der Waals surface area contributed by atoms with Crippen LogP contribution in [0.1, 0.15) is 18.4 Å². The Labute approximate surface area is 123 Å². The molecule has 0 fully saturated rings. The third-order valence-corrected chi connectivity index (χ3v) is 3.66. The van der Waals surface area contributed by atoms with E-state index in [2.05, 4.69) is 25.5 Å². The molecule has 21 heavy (non-hydrogen) atoms. The molecule has 3 aromatic rings. The molecule has 0 aliphatic carbocycles. The Morgan fingerprint density at radius 2 is 2.14 bits per heavy atom.